The Hall–Kier alpha value is -2.85. The molecular formula is C21H26N2O5. The third-order valence-electron chi connectivity index (χ3n) is 4.60. The number of amides is 1. The average molecular weight is 386 g/mol. The van der Waals surface area contributed by atoms with Gasteiger partial charge in [-0.05, 0) is 36.6 Å². The molecule has 0 bridgehead atoms. The fourth-order valence-electron chi connectivity index (χ4n) is 3.07. The second-order valence-corrected chi connectivity index (χ2v) is 6.58. The molecule has 7 heteroatoms. The summed E-state index contributed by atoms with van der Waals surface area (Å²) in [5, 5.41) is 11.8. The summed E-state index contributed by atoms with van der Waals surface area (Å²) in [7, 11) is 3.01. The number of benzene rings is 1. The molecule has 0 saturated heterocycles. The second-order valence-electron chi connectivity index (χ2n) is 6.58. The molecule has 0 atom stereocenters. The molecular weight excluding hydrogens is 360 g/mol. The van der Waals surface area contributed by atoms with Gasteiger partial charge in [0.2, 0.25) is 0 Å². The standard InChI is InChI=1S/C21H26N2O5/c1-26-11-10-23-20(24)17(14-22)12-15-8-9-18(19(13-15)27-2)28-21(25)16-6-4-3-5-7-16/h8-9,12-13,16H,3-7,10-11H2,1-2H3,(H,23,24)/b17-12+. The first kappa shape index (κ1) is 21.5. The first-order valence-corrected chi connectivity index (χ1v) is 9.37. The van der Waals surface area contributed by atoms with Crippen LogP contribution in [0.2, 0.25) is 0 Å². The van der Waals surface area contributed by atoms with Gasteiger partial charge in [-0.25, -0.2) is 0 Å². The Bertz CT molecular complexity index is 761. The van der Waals surface area contributed by atoms with Gasteiger partial charge in [0.05, 0.1) is 19.6 Å². The van der Waals surface area contributed by atoms with E-state index in [0.29, 0.717) is 30.2 Å². The number of nitrogens with one attached hydrogen (secondary N) is 1. The molecule has 1 N–H and O–H groups in total. The molecule has 1 fully saturated rings. The van der Waals surface area contributed by atoms with Crippen molar-refractivity contribution in [2.24, 2.45) is 5.92 Å². The monoisotopic (exact) mass is 386 g/mol. The smallest absolute Gasteiger partial charge is 0.314 e. The summed E-state index contributed by atoms with van der Waals surface area (Å²) < 4.78 is 15.7. The molecule has 150 valence electrons. The van der Waals surface area contributed by atoms with Crippen molar-refractivity contribution in [3.8, 4) is 17.6 Å². The van der Waals surface area contributed by atoms with Crippen molar-refractivity contribution in [2.75, 3.05) is 27.4 Å². The van der Waals surface area contributed by atoms with Crippen molar-refractivity contribution < 1.29 is 23.8 Å². The van der Waals surface area contributed by atoms with Gasteiger partial charge in [-0.2, -0.15) is 5.26 Å². The maximum absolute atomic E-state index is 12.4. The fourth-order valence-corrected chi connectivity index (χ4v) is 3.07. The average Bonchev–Trinajstić information content (AvgIpc) is 2.73. The molecule has 2 rings (SSSR count). The van der Waals surface area contributed by atoms with Crippen LogP contribution in [0.15, 0.2) is 23.8 Å². The minimum Gasteiger partial charge on any atom is -0.493 e. The SMILES string of the molecule is COCCNC(=O)/C(C#N)=C/c1ccc(OC(=O)C2CCCCC2)c(OC)c1. The van der Waals surface area contributed by atoms with Gasteiger partial charge in [0, 0.05) is 13.7 Å². The first-order valence-electron chi connectivity index (χ1n) is 9.37. The highest BCUT2D eigenvalue weighted by Crippen LogP contribution is 2.31. The third kappa shape index (κ3) is 6.10. The lowest BCUT2D eigenvalue weighted by Crippen LogP contribution is -2.27. The lowest BCUT2D eigenvalue weighted by molar-refractivity contribution is -0.140. The number of rotatable bonds is 8. The van der Waals surface area contributed by atoms with E-state index in [1.807, 2.05) is 6.07 Å². The van der Waals surface area contributed by atoms with Crippen LogP contribution in [-0.2, 0) is 14.3 Å². The van der Waals surface area contributed by atoms with Crippen LogP contribution in [0.5, 0.6) is 11.5 Å². The Morgan fingerprint density at radius 1 is 1.21 bits per heavy atom. The zero-order chi connectivity index (χ0) is 20.4. The number of carbonyl (C=O) groups excluding carboxylic acids is 2. The Balaban J connectivity index is 2.11. The number of esters is 1. The molecule has 0 radical (unpaired) electrons. The van der Waals surface area contributed by atoms with Crippen LogP contribution in [0.25, 0.3) is 6.08 Å². The summed E-state index contributed by atoms with van der Waals surface area (Å²) >= 11 is 0. The van der Waals surface area contributed by atoms with E-state index in [1.165, 1.54) is 20.3 Å². The van der Waals surface area contributed by atoms with Crippen LogP contribution in [0.3, 0.4) is 0 Å². The second kappa shape index (κ2) is 11.1. The summed E-state index contributed by atoms with van der Waals surface area (Å²) in [4.78, 5) is 24.4. The van der Waals surface area contributed by atoms with Crippen LogP contribution in [-0.4, -0.2) is 39.2 Å². The predicted octanol–water partition coefficient (Wildman–Crippen LogP) is 2.85. The molecule has 28 heavy (non-hydrogen) atoms. The number of hydrogen-bond donors (Lipinski definition) is 1. The quantitative estimate of drug-likeness (QED) is 0.243. The van der Waals surface area contributed by atoms with Gasteiger partial charge in [0.15, 0.2) is 11.5 Å². The van der Waals surface area contributed by atoms with E-state index < -0.39 is 5.91 Å². The Kier molecular flexibility index (Phi) is 8.50. The highest BCUT2D eigenvalue weighted by atomic mass is 16.6. The maximum Gasteiger partial charge on any atom is 0.314 e. The van der Waals surface area contributed by atoms with Crippen LogP contribution in [0.4, 0.5) is 0 Å². The number of methoxy groups -OCH3 is 2. The molecule has 0 heterocycles. The summed E-state index contributed by atoms with van der Waals surface area (Å²) in [6, 6.07) is 6.80. The van der Waals surface area contributed by atoms with Crippen LogP contribution in [0, 0.1) is 17.2 Å². The molecule has 1 aliphatic carbocycles. The zero-order valence-electron chi connectivity index (χ0n) is 16.3. The molecule has 0 unspecified atom stereocenters. The lowest BCUT2D eigenvalue weighted by Gasteiger charge is -2.20. The van der Waals surface area contributed by atoms with Gasteiger partial charge >= 0.3 is 5.97 Å². The molecule has 1 aliphatic rings. The number of carbonyl (C=O) groups is 2. The molecule has 1 amide bonds. The van der Waals surface area contributed by atoms with Crippen molar-refractivity contribution >= 4 is 18.0 Å². The molecule has 1 aromatic rings. The summed E-state index contributed by atoms with van der Waals surface area (Å²) in [5.41, 5.74) is 0.554. The maximum atomic E-state index is 12.4. The van der Waals surface area contributed by atoms with Crippen LogP contribution >= 0.6 is 0 Å². The highest BCUT2D eigenvalue weighted by molar-refractivity contribution is 6.01. The molecule has 1 saturated carbocycles. The van der Waals surface area contributed by atoms with Crippen molar-refractivity contribution in [3.05, 3.63) is 29.3 Å². The predicted molar refractivity (Wildman–Crippen MR) is 104 cm³/mol. The van der Waals surface area contributed by atoms with Gasteiger partial charge < -0.3 is 19.5 Å². The first-order chi connectivity index (χ1) is 13.6. The molecule has 0 aliphatic heterocycles. The van der Waals surface area contributed by atoms with E-state index >= 15 is 0 Å². The Morgan fingerprint density at radius 3 is 2.61 bits per heavy atom. The van der Waals surface area contributed by atoms with Gasteiger partial charge in [0.25, 0.3) is 5.91 Å². The van der Waals surface area contributed by atoms with E-state index in [0.717, 1.165) is 32.1 Å². The number of ether oxygens (including phenoxy) is 3. The van der Waals surface area contributed by atoms with Gasteiger partial charge in [-0.1, -0.05) is 25.3 Å². The third-order valence-corrected chi connectivity index (χ3v) is 4.60. The number of nitrogens with zero attached hydrogens (tertiary/aromatic N) is 1. The van der Waals surface area contributed by atoms with E-state index in [9.17, 15) is 14.9 Å². The van der Waals surface area contributed by atoms with E-state index in [2.05, 4.69) is 5.32 Å². The summed E-state index contributed by atoms with van der Waals surface area (Å²) in [6.45, 7) is 0.674. The molecule has 0 aromatic heterocycles. The topological polar surface area (TPSA) is 97.6 Å². The van der Waals surface area contributed by atoms with E-state index in [-0.39, 0.29) is 17.5 Å². The molecule has 7 nitrogen and oxygen atoms in total. The Morgan fingerprint density at radius 2 is 1.96 bits per heavy atom. The van der Waals surface area contributed by atoms with Crippen molar-refractivity contribution in [2.45, 2.75) is 32.1 Å². The fraction of sp³-hybridized carbons (Fsp3) is 0.476. The van der Waals surface area contributed by atoms with Crippen molar-refractivity contribution in [3.63, 3.8) is 0 Å². The van der Waals surface area contributed by atoms with Gasteiger partial charge in [0.1, 0.15) is 11.6 Å². The summed E-state index contributed by atoms with van der Waals surface area (Å²) in [5.74, 6) is -0.0878. The van der Waals surface area contributed by atoms with Crippen molar-refractivity contribution in [1.82, 2.24) is 5.32 Å². The normalized spacial score (nSPS) is 14.8. The van der Waals surface area contributed by atoms with Gasteiger partial charge in [-0.3, -0.25) is 9.59 Å². The number of nitriles is 1. The van der Waals surface area contributed by atoms with Crippen LogP contribution < -0.4 is 14.8 Å². The van der Waals surface area contributed by atoms with E-state index in [4.69, 9.17) is 14.2 Å². The minimum absolute atomic E-state index is 0.0369. The van der Waals surface area contributed by atoms with Crippen LogP contribution in [0.1, 0.15) is 37.7 Å². The largest absolute Gasteiger partial charge is 0.493 e. The lowest BCUT2D eigenvalue weighted by atomic mass is 9.89. The molecule has 1 aromatic carbocycles. The highest BCUT2D eigenvalue weighted by Gasteiger charge is 2.24. The zero-order valence-corrected chi connectivity index (χ0v) is 16.3. The van der Waals surface area contributed by atoms with Gasteiger partial charge in [-0.15, -0.1) is 0 Å². The Labute approximate surface area is 165 Å². The minimum atomic E-state index is -0.480. The summed E-state index contributed by atoms with van der Waals surface area (Å²) in [6.07, 6.45) is 6.41. The number of hydrogen-bond acceptors (Lipinski definition) is 6. The van der Waals surface area contributed by atoms with E-state index in [1.54, 1.807) is 18.2 Å². The van der Waals surface area contributed by atoms with Crippen molar-refractivity contribution in [1.29, 1.82) is 5.26 Å². The molecule has 0 spiro atoms.